The molecule has 1 saturated heterocycles. The molecule has 3 rings (SSSR count). The first-order valence-electron chi connectivity index (χ1n) is 9.59. The van der Waals surface area contributed by atoms with Gasteiger partial charge in [0.15, 0.2) is 4.34 Å². The summed E-state index contributed by atoms with van der Waals surface area (Å²) in [5.41, 5.74) is 1.98. The summed E-state index contributed by atoms with van der Waals surface area (Å²) in [5, 5.41) is 15.4. The summed E-state index contributed by atoms with van der Waals surface area (Å²) in [6, 6.07) is 8.37. The fraction of sp³-hybridized carbons (Fsp3) is 0.526. The molecule has 1 amide bonds. The molecule has 1 aliphatic heterocycles. The zero-order valence-corrected chi connectivity index (χ0v) is 17.9. The van der Waals surface area contributed by atoms with E-state index in [-0.39, 0.29) is 5.91 Å². The van der Waals surface area contributed by atoms with Gasteiger partial charge in [0, 0.05) is 42.7 Å². The van der Waals surface area contributed by atoms with Crippen molar-refractivity contribution in [3.8, 4) is 0 Å². The molecule has 7 nitrogen and oxygen atoms in total. The van der Waals surface area contributed by atoms with Gasteiger partial charge in [-0.25, -0.2) is 0 Å². The Hall–Kier alpha value is -1.84. The van der Waals surface area contributed by atoms with Crippen molar-refractivity contribution in [1.29, 1.82) is 0 Å². The molecule has 28 heavy (non-hydrogen) atoms. The molecule has 1 aliphatic rings. The van der Waals surface area contributed by atoms with Crippen LogP contribution in [0.3, 0.4) is 0 Å². The van der Waals surface area contributed by atoms with Crippen molar-refractivity contribution in [3.63, 3.8) is 0 Å². The first-order valence-corrected chi connectivity index (χ1v) is 11.4. The second kappa shape index (κ2) is 10.6. The maximum absolute atomic E-state index is 12.2. The number of carbonyl (C=O) groups excluding carboxylic acids is 1. The topological polar surface area (TPSA) is 79.4 Å². The molecule has 2 aromatic rings. The van der Waals surface area contributed by atoms with Crippen LogP contribution >= 0.6 is 23.1 Å². The quantitative estimate of drug-likeness (QED) is 0.598. The molecule has 1 aromatic carbocycles. The molecular weight excluding hydrogens is 394 g/mol. The lowest BCUT2D eigenvalue weighted by Gasteiger charge is -2.28. The molecule has 152 valence electrons. The zero-order valence-electron chi connectivity index (χ0n) is 16.3. The van der Waals surface area contributed by atoms with E-state index in [1.54, 1.807) is 11.8 Å². The standard InChI is InChI=1S/C19H27N5O2S2/c1-3-14(2)20-18-22-23-19(28-18)27-13-8-17(25)21-15-4-6-16(7-5-15)24-9-11-26-12-10-24/h4-7,14H,3,8-13H2,1-2H3,(H,20,22)(H,21,25)/t14-/m0/s1. The lowest BCUT2D eigenvalue weighted by atomic mass is 10.2. The Bertz CT molecular complexity index is 747. The second-order valence-electron chi connectivity index (χ2n) is 6.62. The number of hydrogen-bond acceptors (Lipinski definition) is 8. The first-order chi connectivity index (χ1) is 13.6. The Kier molecular flexibility index (Phi) is 7.93. The normalized spacial score (nSPS) is 15.3. The van der Waals surface area contributed by atoms with Gasteiger partial charge in [-0.3, -0.25) is 4.79 Å². The van der Waals surface area contributed by atoms with E-state index in [4.69, 9.17) is 4.74 Å². The van der Waals surface area contributed by atoms with E-state index < -0.39 is 0 Å². The fourth-order valence-electron chi connectivity index (χ4n) is 2.67. The van der Waals surface area contributed by atoms with Crippen LogP contribution in [0.25, 0.3) is 0 Å². The van der Waals surface area contributed by atoms with Crippen LogP contribution in [0, 0.1) is 0 Å². The van der Waals surface area contributed by atoms with Crippen molar-refractivity contribution < 1.29 is 9.53 Å². The molecule has 1 atom stereocenters. The number of nitrogens with one attached hydrogen (secondary N) is 2. The molecule has 0 unspecified atom stereocenters. The molecule has 1 fully saturated rings. The van der Waals surface area contributed by atoms with Crippen molar-refractivity contribution >= 4 is 45.5 Å². The Labute approximate surface area is 174 Å². The summed E-state index contributed by atoms with van der Waals surface area (Å²) in [6.07, 6.45) is 1.47. The Morgan fingerprint density at radius 1 is 1.29 bits per heavy atom. The first kappa shape index (κ1) is 20.9. The third-order valence-electron chi connectivity index (χ3n) is 4.47. The maximum atomic E-state index is 12.2. The number of hydrogen-bond donors (Lipinski definition) is 2. The average Bonchev–Trinajstić information content (AvgIpc) is 3.16. The molecule has 0 spiro atoms. The summed E-state index contributed by atoms with van der Waals surface area (Å²) in [4.78, 5) is 14.5. The van der Waals surface area contributed by atoms with Crippen LogP contribution in [0.15, 0.2) is 28.6 Å². The molecular formula is C19H27N5O2S2. The number of amides is 1. The number of thioether (sulfide) groups is 1. The van der Waals surface area contributed by atoms with Gasteiger partial charge in [-0.05, 0) is 37.6 Å². The van der Waals surface area contributed by atoms with E-state index in [2.05, 4.69) is 39.6 Å². The SMILES string of the molecule is CC[C@H](C)Nc1nnc(SCCC(=O)Nc2ccc(N3CCOCC3)cc2)s1. The highest BCUT2D eigenvalue weighted by Gasteiger charge is 2.12. The Morgan fingerprint density at radius 3 is 2.75 bits per heavy atom. The van der Waals surface area contributed by atoms with Gasteiger partial charge in [-0.1, -0.05) is 30.0 Å². The molecule has 0 aliphatic carbocycles. The van der Waals surface area contributed by atoms with E-state index in [9.17, 15) is 4.79 Å². The number of carbonyl (C=O) groups is 1. The van der Waals surface area contributed by atoms with Crippen LogP contribution < -0.4 is 15.5 Å². The van der Waals surface area contributed by atoms with E-state index >= 15 is 0 Å². The molecule has 0 saturated carbocycles. The second-order valence-corrected chi connectivity index (χ2v) is 8.94. The minimum Gasteiger partial charge on any atom is -0.378 e. The molecule has 0 radical (unpaired) electrons. The van der Waals surface area contributed by atoms with Crippen molar-refractivity contribution in [1.82, 2.24) is 10.2 Å². The van der Waals surface area contributed by atoms with Crippen LogP contribution in [0.4, 0.5) is 16.5 Å². The van der Waals surface area contributed by atoms with Crippen LogP contribution in [-0.2, 0) is 9.53 Å². The third-order valence-corrected chi connectivity index (χ3v) is 6.46. The summed E-state index contributed by atoms with van der Waals surface area (Å²) in [7, 11) is 0. The van der Waals surface area contributed by atoms with E-state index in [1.165, 1.54) is 11.3 Å². The summed E-state index contributed by atoms with van der Waals surface area (Å²) < 4.78 is 6.26. The lowest BCUT2D eigenvalue weighted by Crippen LogP contribution is -2.36. The number of aromatic nitrogens is 2. The van der Waals surface area contributed by atoms with Crippen molar-refractivity contribution in [3.05, 3.63) is 24.3 Å². The monoisotopic (exact) mass is 421 g/mol. The predicted molar refractivity (Wildman–Crippen MR) is 117 cm³/mol. The van der Waals surface area contributed by atoms with Crippen LogP contribution in [0.5, 0.6) is 0 Å². The number of ether oxygens (including phenoxy) is 1. The minimum atomic E-state index is 0.00842. The fourth-order valence-corrected chi connectivity index (χ4v) is 4.54. The van der Waals surface area contributed by atoms with E-state index in [0.29, 0.717) is 18.2 Å². The molecule has 1 aromatic heterocycles. The highest BCUT2D eigenvalue weighted by atomic mass is 32.2. The van der Waals surface area contributed by atoms with Crippen molar-refractivity contribution in [2.45, 2.75) is 37.1 Å². The summed E-state index contributed by atoms with van der Waals surface area (Å²) in [6.45, 7) is 7.58. The maximum Gasteiger partial charge on any atom is 0.225 e. The molecule has 2 heterocycles. The zero-order chi connectivity index (χ0) is 19.8. The highest BCUT2D eigenvalue weighted by Crippen LogP contribution is 2.26. The van der Waals surface area contributed by atoms with Gasteiger partial charge in [0.05, 0.1) is 13.2 Å². The predicted octanol–water partition coefficient (Wildman–Crippen LogP) is 3.71. The van der Waals surface area contributed by atoms with Crippen LogP contribution in [0.2, 0.25) is 0 Å². The average molecular weight is 422 g/mol. The Morgan fingerprint density at radius 2 is 2.04 bits per heavy atom. The molecule has 9 heteroatoms. The lowest BCUT2D eigenvalue weighted by molar-refractivity contribution is -0.115. The number of benzene rings is 1. The van der Waals surface area contributed by atoms with Gasteiger partial charge in [0.1, 0.15) is 0 Å². The number of nitrogens with zero attached hydrogens (tertiary/aromatic N) is 3. The number of anilines is 3. The van der Waals surface area contributed by atoms with Gasteiger partial charge in [0.2, 0.25) is 11.0 Å². The number of morpholine rings is 1. The van der Waals surface area contributed by atoms with E-state index in [0.717, 1.165) is 53.6 Å². The van der Waals surface area contributed by atoms with Crippen molar-refractivity contribution in [2.75, 3.05) is 47.6 Å². The smallest absolute Gasteiger partial charge is 0.225 e. The van der Waals surface area contributed by atoms with Crippen LogP contribution in [-0.4, -0.2) is 54.2 Å². The minimum absolute atomic E-state index is 0.00842. The Balaban J connectivity index is 1.39. The van der Waals surface area contributed by atoms with E-state index in [1.807, 2.05) is 24.3 Å². The van der Waals surface area contributed by atoms with Gasteiger partial charge in [-0.2, -0.15) is 0 Å². The number of rotatable bonds is 9. The molecule has 2 N–H and O–H groups in total. The van der Waals surface area contributed by atoms with Crippen molar-refractivity contribution in [2.24, 2.45) is 0 Å². The van der Waals surface area contributed by atoms with Gasteiger partial charge in [0.25, 0.3) is 0 Å². The van der Waals surface area contributed by atoms with Gasteiger partial charge < -0.3 is 20.3 Å². The van der Waals surface area contributed by atoms with Gasteiger partial charge in [-0.15, -0.1) is 10.2 Å². The largest absolute Gasteiger partial charge is 0.378 e. The molecule has 0 bridgehead atoms. The highest BCUT2D eigenvalue weighted by molar-refractivity contribution is 8.01. The van der Waals surface area contributed by atoms with Crippen LogP contribution in [0.1, 0.15) is 26.7 Å². The summed E-state index contributed by atoms with van der Waals surface area (Å²) in [5.74, 6) is 0.685. The summed E-state index contributed by atoms with van der Waals surface area (Å²) >= 11 is 3.09. The third kappa shape index (κ3) is 6.35. The van der Waals surface area contributed by atoms with Gasteiger partial charge >= 0.3 is 0 Å².